The van der Waals surface area contributed by atoms with Crippen molar-refractivity contribution >= 4 is 37.9 Å². The number of para-hydroxylation sites is 1. The number of esters is 1. The smallest absolute Gasteiger partial charge is 0.339 e. The molecule has 39 heavy (non-hydrogen) atoms. The average Bonchev–Trinajstić information content (AvgIpc) is 3.57. The molecule has 5 aromatic rings. The second kappa shape index (κ2) is 9.83. The Kier molecular flexibility index (Phi) is 6.32. The number of carbonyl (C=O) groups excluding carboxylic acids is 1. The Bertz CT molecular complexity index is 1890. The molecule has 0 spiro atoms. The van der Waals surface area contributed by atoms with Crippen LogP contribution in [0.2, 0.25) is 0 Å². The normalized spacial score (nSPS) is 14.0. The van der Waals surface area contributed by atoms with E-state index < -0.39 is 22.0 Å². The van der Waals surface area contributed by atoms with Crippen molar-refractivity contribution in [1.29, 1.82) is 0 Å². The van der Waals surface area contributed by atoms with Crippen LogP contribution in [0.4, 0.5) is 0 Å². The first-order valence-corrected chi connectivity index (χ1v) is 14.2. The Balaban J connectivity index is 1.32. The molecule has 198 valence electrons. The summed E-state index contributed by atoms with van der Waals surface area (Å²) in [6, 6.07) is 17.7. The van der Waals surface area contributed by atoms with Gasteiger partial charge in [-0.15, -0.1) is 0 Å². The van der Waals surface area contributed by atoms with Gasteiger partial charge in [-0.3, -0.25) is 0 Å². The van der Waals surface area contributed by atoms with Crippen molar-refractivity contribution in [3.63, 3.8) is 0 Å². The monoisotopic (exact) mass is 542 g/mol. The van der Waals surface area contributed by atoms with Crippen molar-refractivity contribution in [2.45, 2.75) is 43.5 Å². The first-order valence-electron chi connectivity index (χ1n) is 12.7. The summed E-state index contributed by atoms with van der Waals surface area (Å²) in [7, 11) is -4.04. The second-order valence-electron chi connectivity index (χ2n) is 9.83. The third kappa shape index (κ3) is 4.86. The summed E-state index contributed by atoms with van der Waals surface area (Å²) in [5.41, 5.74) is 4.19. The van der Waals surface area contributed by atoms with Crippen LogP contribution in [0.1, 0.15) is 28.7 Å². The number of aromatic amines is 1. The quantitative estimate of drug-likeness (QED) is 0.177. The summed E-state index contributed by atoms with van der Waals surface area (Å²) in [6.45, 7) is 1.86. The minimum absolute atomic E-state index is 0.0474. The highest BCUT2D eigenvalue weighted by Crippen LogP contribution is 2.30. The molecule has 2 aromatic heterocycles. The van der Waals surface area contributed by atoms with Gasteiger partial charge in [-0.25, -0.2) is 18.0 Å². The molecule has 2 heterocycles. The van der Waals surface area contributed by atoms with E-state index in [1.807, 2.05) is 31.2 Å². The van der Waals surface area contributed by atoms with Gasteiger partial charge in [-0.05, 0) is 67.6 Å². The lowest BCUT2D eigenvalue weighted by atomic mass is 10.1. The van der Waals surface area contributed by atoms with Gasteiger partial charge in [0, 0.05) is 40.5 Å². The standard InChI is InChI=1S/C30H26N2O6S/c1-18-9-12-21(13-10-18)39(35,36)32-27(15-19-17-31-26-8-3-2-5-22(19)26)30(34)37-20-11-14-24-23-6-4-7-25(23)29(33)38-28(24)16-20/h2-3,5,8-14,16-17,27,31-32H,4,6-7,15H2,1H3/t27-/m1/s1. The maximum absolute atomic E-state index is 13.5. The maximum Gasteiger partial charge on any atom is 0.339 e. The molecule has 0 saturated heterocycles. The zero-order valence-corrected chi connectivity index (χ0v) is 22.0. The fraction of sp³-hybridized carbons (Fsp3) is 0.200. The molecular formula is C30H26N2O6S. The molecule has 0 saturated carbocycles. The molecule has 1 aliphatic carbocycles. The van der Waals surface area contributed by atoms with E-state index in [-0.39, 0.29) is 22.7 Å². The van der Waals surface area contributed by atoms with Gasteiger partial charge in [0.2, 0.25) is 10.0 Å². The van der Waals surface area contributed by atoms with E-state index in [4.69, 9.17) is 9.15 Å². The molecule has 9 heteroatoms. The summed E-state index contributed by atoms with van der Waals surface area (Å²) in [4.78, 5) is 29.1. The number of fused-ring (bicyclic) bond motifs is 4. The van der Waals surface area contributed by atoms with E-state index in [1.165, 1.54) is 18.2 Å². The van der Waals surface area contributed by atoms with Crippen LogP contribution >= 0.6 is 0 Å². The summed E-state index contributed by atoms with van der Waals surface area (Å²) in [5, 5.41) is 1.70. The molecule has 0 radical (unpaired) electrons. The lowest BCUT2D eigenvalue weighted by Crippen LogP contribution is -2.44. The van der Waals surface area contributed by atoms with Crippen molar-refractivity contribution in [2.75, 3.05) is 0 Å². The van der Waals surface area contributed by atoms with Crippen molar-refractivity contribution in [3.05, 3.63) is 106 Å². The van der Waals surface area contributed by atoms with Crippen LogP contribution in [0.3, 0.4) is 0 Å². The third-order valence-corrected chi connectivity index (χ3v) is 8.66. The molecule has 3 aromatic carbocycles. The van der Waals surface area contributed by atoms with Crippen LogP contribution in [-0.2, 0) is 34.1 Å². The van der Waals surface area contributed by atoms with Gasteiger partial charge >= 0.3 is 11.6 Å². The van der Waals surface area contributed by atoms with E-state index >= 15 is 0 Å². The number of nitrogens with one attached hydrogen (secondary N) is 2. The first-order chi connectivity index (χ1) is 18.8. The maximum atomic E-state index is 13.5. The number of hydrogen-bond acceptors (Lipinski definition) is 6. The zero-order chi connectivity index (χ0) is 27.1. The van der Waals surface area contributed by atoms with Gasteiger partial charge in [-0.1, -0.05) is 35.9 Å². The lowest BCUT2D eigenvalue weighted by molar-refractivity contribution is -0.136. The Hall–Kier alpha value is -4.21. The van der Waals surface area contributed by atoms with Crippen molar-refractivity contribution in [2.24, 2.45) is 0 Å². The number of benzene rings is 3. The molecule has 8 nitrogen and oxygen atoms in total. The predicted octanol–water partition coefficient (Wildman–Crippen LogP) is 4.57. The number of aromatic nitrogens is 1. The SMILES string of the molecule is Cc1ccc(S(=O)(=O)N[C@H](Cc2c[nH]c3ccccc23)C(=O)Oc2ccc3c4c(c(=O)oc3c2)CCC4)cc1. The summed E-state index contributed by atoms with van der Waals surface area (Å²) < 4.78 is 40.2. The van der Waals surface area contributed by atoms with E-state index in [9.17, 15) is 18.0 Å². The van der Waals surface area contributed by atoms with E-state index in [2.05, 4.69) is 9.71 Å². The molecule has 0 bridgehead atoms. The summed E-state index contributed by atoms with van der Waals surface area (Å²) >= 11 is 0. The highest BCUT2D eigenvalue weighted by molar-refractivity contribution is 7.89. The van der Waals surface area contributed by atoms with Crippen molar-refractivity contribution in [1.82, 2.24) is 9.71 Å². The number of H-pyrrole nitrogens is 1. The third-order valence-electron chi connectivity index (χ3n) is 7.18. The van der Waals surface area contributed by atoms with Crippen molar-refractivity contribution in [3.8, 4) is 5.75 Å². The van der Waals surface area contributed by atoms with Gasteiger partial charge < -0.3 is 14.1 Å². The topological polar surface area (TPSA) is 118 Å². The Labute approximate surface area is 224 Å². The molecule has 1 atom stereocenters. The number of rotatable bonds is 7. The van der Waals surface area contributed by atoms with Crippen LogP contribution in [-0.4, -0.2) is 25.4 Å². The average molecular weight is 543 g/mol. The molecular weight excluding hydrogens is 516 g/mol. The van der Waals surface area contributed by atoms with Gasteiger partial charge in [0.25, 0.3) is 0 Å². The Morgan fingerprint density at radius 1 is 1.03 bits per heavy atom. The second-order valence-corrected chi connectivity index (χ2v) is 11.5. The minimum Gasteiger partial charge on any atom is -0.425 e. The number of ether oxygens (including phenoxy) is 1. The molecule has 0 aliphatic heterocycles. The molecule has 0 fully saturated rings. The molecule has 6 rings (SSSR count). The Morgan fingerprint density at radius 3 is 2.62 bits per heavy atom. The summed E-state index contributed by atoms with van der Waals surface area (Å²) in [6.07, 6.45) is 4.21. The fourth-order valence-electron chi connectivity index (χ4n) is 5.18. The number of carbonyl (C=O) groups is 1. The number of sulfonamides is 1. The lowest BCUT2D eigenvalue weighted by Gasteiger charge is -2.18. The molecule has 2 N–H and O–H groups in total. The van der Waals surface area contributed by atoms with E-state index in [0.717, 1.165) is 45.8 Å². The largest absolute Gasteiger partial charge is 0.425 e. The zero-order valence-electron chi connectivity index (χ0n) is 21.2. The number of aryl methyl sites for hydroxylation is 2. The van der Waals surface area contributed by atoms with Crippen LogP contribution < -0.4 is 15.1 Å². The van der Waals surface area contributed by atoms with E-state index in [1.54, 1.807) is 30.5 Å². The van der Waals surface area contributed by atoms with E-state index in [0.29, 0.717) is 17.6 Å². The van der Waals surface area contributed by atoms with Crippen molar-refractivity contribution < 1.29 is 22.4 Å². The highest BCUT2D eigenvalue weighted by Gasteiger charge is 2.29. The predicted molar refractivity (Wildman–Crippen MR) is 147 cm³/mol. The first kappa shape index (κ1) is 25.1. The molecule has 0 unspecified atom stereocenters. The summed E-state index contributed by atoms with van der Waals surface area (Å²) in [5.74, 6) is -0.620. The van der Waals surface area contributed by atoms with Gasteiger partial charge in [0.1, 0.15) is 17.4 Å². The Morgan fingerprint density at radius 2 is 1.79 bits per heavy atom. The van der Waals surface area contributed by atoms with Crippen LogP contribution in [0.5, 0.6) is 5.75 Å². The van der Waals surface area contributed by atoms with Gasteiger partial charge in [-0.2, -0.15) is 4.72 Å². The van der Waals surface area contributed by atoms with Crippen LogP contribution in [0.15, 0.2) is 87.0 Å². The number of hydrogen-bond donors (Lipinski definition) is 2. The molecule has 0 amide bonds. The minimum atomic E-state index is -4.04. The fourth-order valence-corrected chi connectivity index (χ4v) is 6.37. The van der Waals surface area contributed by atoms with Crippen LogP contribution in [0.25, 0.3) is 21.9 Å². The molecule has 1 aliphatic rings. The van der Waals surface area contributed by atoms with Gasteiger partial charge in [0.15, 0.2) is 0 Å². The van der Waals surface area contributed by atoms with Gasteiger partial charge in [0.05, 0.1) is 4.90 Å². The van der Waals surface area contributed by atoms with Crippen LogP contribution in [0, 0.1) is 6.92 Å². The highest BCUT2D eigenvalue weighted by atomic mass is 32.2.